The van der Waals surface area contributed by atoms with Crippen LogP contribution in [-0.2, 0) is 6.42 Å². The highest BCUT2D eigenvalue weighted by Gasteiger charge is 2.21. The van der Waals surface area contributed by atoms with E-state index in [-0.39, 0.29) is 5.54 Å². The van der Waals surface area contributed by atoms with Gasteiger partial charge in [-0.1, -0.05) is 0 Å². The van der Waals surface area contributed by atoms with Crippen LogP contribution < -0.4 is 10.5 Å². The van der Waals surface area contributed by atoms with Gasteiger partial charge in [0.2, 0.25) is 0 Å². The van der Waals surface area contributed by atoms with Crippen LogP contribution in [0.4, 0.5) is 5.69 Å². The van der Waals surface area contributed by atoms with E-state index < -0.39 is 0 Å². The lowest BCUT2D eigenvalue weighted by molar-refractivity contribution is 0.114. The Hall–Kier alpha value is -1.73. The molecule has 0 atom stereocenters. The zero-order valence-corrected chi connectivity index (χ0v) is 11.5. The van der Waals surface area contributed by atoms with Gasteiger partial charge in [-0.3, -0.25) is 0 Å². The summed E-state index contributed by atoms with van der Waals surface area (Å²) in [4.78, 5) is 2.11. The van der Waals surface area contributed by atoms with Crippen LogP contribution in [0.2, 0.25) is 0 Å². The summed E-state index contributed by atoms with van der Waals surface area (Å²) >= 11 is 0. The summed E-state index contributed by atoms with van der Waals surface area (Å²) in [6.45, 7) is 4.80. The molecule has 0 spiro atoms. The average molecular weight is 247 g/mol. The molecule has 0 saturated heterocycles. The fraction of sp³-hybridized carbons (Fsp3) is 0.500. The van der Waals surface area contributed by atoms with E-state index in [0.29, 0.717) is 18.7 Å². The highest BCUT2D eigenvalue weighted by molar-refractivity contribution is 5.51. The summed E-state index contributed by atoms with van der Waals surface area (Å²) in [5, 5.41) is 8.71. The van der Waals surface area contributed by atoms with Crippen molar-refractivity contribution in [1.82, 2.24) is 4.90 Å². The molecule has 0 fully saturated rings. The predicted molar refractivity (Wildman–Crippen MR) is 73.4 cm³/mol. The van der Waals surface area contributed by atoms with Gasteiger partial charge >= 0.3 is 0 Å². The van der Waals surface area contributed by atoms with Gasteiger partial charge in [0.1, 0.15) is 12.4 Å². The quantitative estimate of drug-likeness (QED) is 0.809. The second kappa shape index (κ2) is 5.74. The van der Waals surface area contributed by atoms with Gasteiger partial charge in [-0.2, -0.15) is 5.26 Å². The fourth-order valence-corrected chi connectivity index (χ4v) is 1.30. The van der Waals surface area contributed by atoms with Crippen molar-refractivity contribution in [3.63, 3.8) is 0 Å². The minimum absolute atomic E-state index is 0.0449. The van der Waals surface area contributed by atoms with Crippen LogP contribution >= 0.6 is 0 Å². The number of hydrogen-bond acceptors (Lipinski definition) is 4. The first-order valence-corrected chi connectivity index (χ1v) is 5.92. The molecule has 0 bridgehead atoms. The highest BCUT2D eigenvalue weighted by Crippen LogP contribution is 2.21. The molecule has 98 valence electrons. The van der Waals surface area contributed by atoms with E-state index in [4.69, 9.17) is 15.7 Å². The van der Waals surface area contributed by atoms with Gasteiger partial charge in [-0.05, 0) is 51.7 Å². The molecule has 1 rings (SSSR count). The fourth-order valence-electron chi connectivity index (χ4n) is 1.30. The molecule has 0 saturated carbocycles. The van der Waals surface area contributed by atoms with E-state index >= 15 is 0 Å². The molecule has 2 N–H and O–H groups in total. The largest absolute Gasteiger partial charge is 0.492 e. The minimum atomic E-state index is -0.0449. The first-order valence-electron chi connectivity index (χ1n) is 5.92. The molecule has 0 aliphatic rings. The van der Waals surface area contributed by atoms with Gasteiger partial charge in [0.25, 0.3) is 0 Å². The Balaban J connectivity index is 2.75. The number of anilines is 1. The number of ether oxygens (including phenoxy) is 1. The first-order chi connectivity index (χ1) is 8.36. The third-order valence-electron chi connectivity index (χ3n) is 3.19. The van der Waals surface area contributed by atoms with Gasteiger partial charge in [0.05, 0.1) is 12.5 Å². The number of hydrogen-bond donors (Lipinski definition) is 1. The molecule has 0 aromatic heterocycles. The Morgan fingerprint density at radius 2 is 2.06 bits per heavy atom. The Morgan fingerprint density at radius 3 is 2.61 bits per heavy atom. The van der Waals surface area contributed by atoms with Gasteiger partial charge in [-0.25, -0.2) is 0 Å². The van der Waals surface area contributed by atoms with Crippen LogP contribution in [-0.4, -0.2) is 31.1 Å². The maximum absolute atomic E-state index is 8.71. The summed E-state index contributed by atoms with van der Waals surface area (Å²) in [6, 6.07) is 7.55. The maximum atomic E-state index is 8.71. The maximum Gasteiger partial charge on any atom is 0.119 e. The van der Waals surface area contributed by atoms with Crippen molar-refractivity contribution < 1.29 is 4.74 Å². The number of nitriles is 1. The highest BCUT2D eigenvalue weighted by atomic mass is 16.5. The second-order valence-electron chi connectivity index (χ2n) is 5.19. The van der Waals surface area contributed by atoms with Crippen LogP contribution in [0.1, 0.15) is 19.4 Å². The van der Waals surface area contributed by atoms with Crippen LogP contribution in [0.5, 0.6) is 5.75 Å². The van der Waals surface area contributed by atoms with Crippen LogP contribution in [0.25, 0.3) is 0 Å². The molecular weight excluding hydrogens is 226 g/mol. The third kappa shape index (κ3) is 3.64. The number of rotatable bonds is 5. The lowest BCUT2D eigenvalue weighted by Crippen LogP contribution is -2.43. The standard InChI is InChI=1S/C14H21N3O/c1-14(2,17(3)4)10-18-12-5-6-13(16)11(9-12)7-8-15/h5-6,9H,7,10,16H2,1-4H3. The van der Waals surface area contributed by atoms with Crippen molar-refractivity contribution in [1.29, 1.82) is 5.26 Å². The number of nitrogen functional groups attached to an aromatic ring is 1. The minimum Gasteiger partial charge on any atom is -0.492 e. The molecule has 0 heterocycles. The molecular formula is C14H21N3O. The molecule has 4 heteroatoms. The van der Waals surface area contributed by atoms with Crippen LogP contribution in [0, 0.1) is 11.3 Å². The van der Waals surface area contributed by atoms with Crippen LogP contribution in [0.15, 0.2) is 18.2 Å². The smallest absolute Gasteiger partial charge is 0.119 e. The molecule has 0 radical (unpaired) electrons. The molecule has 1 aromatic carbocycles. The second-order valence-corrected chi connectivity index (χ2v) is 5.19. The van der Waals surface area contributed by atoms with Crippen molar-refractivity contribution in [3.05, 3.63) is 23.8 Å². The summed E-state index contributed by atoms with van der Waals surface area (Å²) in [7, 11) is 4.04. The Labute approximate surface area is 109 Å². The first kappa shape index (κ1) is 14.3. The average Bonchev–Trinajstić information content (AvgIpc) is 2.30. The van der Waals surface area contributed by atoms with Crippen molar-refractivity contribution in [2.24, 2.45) is 0 Å². The SMILES string of the molecule is CN(C)C(C)(C)COc1ccc(N)c(CC#N)c1. The van der Waals surface area contributed by atoms with E-state index in [0.717, 1.165) is 11.3 Å². The van der Waals surface area contributed by atoms with E-state index in [9.17, 15) is 0 Å². The normalized spacial score (nSPS) is 11.3. The third-order valence-corrected chi connectivity index (χ3v) is 3.19. The van der Waals surface area contributed by atoms with Crippen molar-refractivity contribution in [2.75, 3.05) is 26.4 Å². The van der Waals surface area contributed by atoms with Crippen molar-refractivity contribution >= 4 is 5.69 Å². The Morgan fingerprint density at radius 1 is 1.39 bits per heavy atom. The number of benzene rings is 1. The number of nitrogens with zero attached hydrogens (tertiary/aromatic N) is 2. The van der Waals surface area contributed by atoms with Gasteiger partial charge < -0.3 is 15.4 Å². The van der Waals surface area contributed by atoms with Crippen LogP contribution in [0.3, 0.4) is 0 Å². The molecule has 0 aliphatic heterocycles. The van der Waals surface area contributed by atoms with E-state index in [1.165, 1.54) is 0 Å². The number of likely N-dealkylation sites (N-methyl/N-ethyl adjacent to an activating group) is 1. The lowest BCUT2D eigenvalue weighted by Gasteiger charge is -2.32. The number of nitrogens with two attached hydrogens (primary N) is 1. The van der Waals surface area contributed by atoms with Crippen molar-refractivity contribution in [2.45, 2.75) is 25.8 Å². The van der Waals surface area contributed by atoms with Crippen molar-refractivity contribution in [3.8, 4) is 11.8 Å². The molecule has 0 amide bonds. The van der Waals surface area contributed by atoms with Gasteiger partial charge in [0, 0.05) is 11.2 Å². The zero-order valence-electron chi connectivity index (χ0n) is 11.5. The topological polar surface area (TPSA) is 62.3 Å². The predicted octanol–water partition coefficient (Wildman–Crippen LogP) is 2.05. The zero-order chi connectivity index (χ0) is 13.8. The summed E-state index contributed by atoms with van der Waals surface area (Å²) in [6.07, 6.45) is 0.306. The van der Waals surface area contributed by atoms with E-state index in [1.54, 1.807) is 6.07 Å². The summed E-state index contributed by atoms with van der Waals surface area (Å²) in [5.41, 5.74) is 7.20. The summed E-state index contributed by atoms with van der Waals surface area (Å²) < 4.78 is 5.77. The molecule has 0 unspecified atom stereocenters. The van der Waals surface area contributed by atoms with Gasteiger partial charge in [0.15, 0.2) is 0 Å². The monoisotopic (exact) mass is 247 g/mol. The summed E-state index contributed by atoms with van der Waals surface area (Å²) in [5.74, 6) is 0.754. The molecule has 4 nitrogen and oxygen atoms in total. The van der Waals surface area contributed by atoms with Gasteiger partial charge in [-0.15, -0.1) is 0 Å². The molecule has 0 aliphatic carbocycles. The Kier molecular flexibility index (Phi) is 4.57. The van der Waals surface area contributed by atoms with E-state index in [2.05, 4.69) is 24.8 Å². The Bertz CT molecular complexity index is 447. The molecule has 18 heavy (non-hydrogen) atoms. The van der Waals surface area contributed by atoms with E-state index in [1.807, 2.05) is 26.2 Å². The molecule has 1 aromatic rings. The lowest BCUT2D eigenvalue weighted by atomic mass is 10.1.